The summed E-state index contributed by atoms with van der Waals surface area (Å²) in [5.74, 6) is 1.04. The first-order valence-electron chi connectivity index (χ1n) is 8.82. The average Bonchev–Trinajstić information content (AvgIpc) is 2.83. The second-order valence-corrected chi connectivity index (χ2v) is 8.58. The molecule has 0 spiro atoms. The van der Waals surface area contributed by atoms with E-state index < -0.39 is 11.5 Å². The van der Waals surface area contributed by atoms with Gasteiger partial charge in [-0.2, -0.15) is 0 Å². The minimum Gasteiger partial charge on any atom is -0.392 e. The molecule has 4 rings (SSSR count). The van der Waals surface area contributed by atoms with Gasteiger partial charge in [0.1, 0.15) is 5.78 Å². The SMILES string of the molecule is C[C@@]12CCC[C@H]1[C@@H]1C(=O)C=C3CC(O)CC(=O)[C@]3(C)[C@@H]1CC2. The summed E-state index contributed by atoms with van der Waals surface area (Å²) >= 11 is 0. The van der Waals surface area contributed by atoms with Gasteiger partial charge in [0.15, 0.2) is 5.78 Å². The van der Waals surface area contributed by atoms with Crippen LogP contribution in [0.1, 0.15) is 58.8 Å². The number of allylic oxidation sites excluding steroid dienone is 1. The maximum atomic E-state index is 12.9. The first kappa shape index (κ1) is 14.6. The van der Waals surface area contributed by atoms with E-state index in [0.29, 0.717) is 17.8 Å². The van der Waals surface area contributed by atoms with Gasteiger partial charge in [-0.05, 0) is 62.4 Å². The average molecular weight is 302 g/mol. The van der Waals surface area contributed by atoms with E-state index in [1.54, 1.807) is 6.08 Å². The molecule has 1 N–H and O–H groups in total. The molecular formula is C19H26O3. The van der Waals surface area contributed by atoms with Crippen molar-refractivity contribution < 1.29 is 14.7 Å². The Morgan fingerprint density at radius 2 is 1.86 bits per heavy atom. The zero-order valence-electron chi connectivity index (χ0n) is 13.6. The van der Waals surface area contributed by atoms with E-state index >= 15 is 0 Å². The lowest BCUT2D eigenvalue weighted by Gasteiger charge is -2.55. The summed E-state index contributed by atoms with van der Waals surface area (Å²) in [4.78, 5) is 25.6. The van der Waals surface area contributed by atoms with Crippen LogP contribution in [0.15, 0.2) is 11.6 Å². The van der Waals surface area contributed by atoms with Crippen molar-refractivity contribution in [3.8, 4) is 0 Å². The quantitative estimate of drug-likeness (QED) is 0.748. The second kappa shape index (κ2) is 4.53. The molecule has 3 heteroatoms. The summed E-state index contributed by atoms with van der Waals surface area (Å²) in [5.41, 5.74) is 0.710. The van der Waals surface area contributed by atoms with E-state index in [0.717, 1.165) is 24.8 Å². The van der Waals surface area contributed by atoms with Gasteiger partial charge in [0, 0.05) is 12.3 Å². The number of carbonyl (C=O) groups is 2. The number of hydrogen-bond donors (Lipinski definition) is 1. The summed E-state index contributed by atoms with van der Waals surface area (Å²) in [6, 6.07) is 0. The van der Waals surface area contributed by atoms with Crippen LogP contribution in [0.3, 0.4) is 0 Å². The molecule has 3 fully saturated rings. The predicted octanol–water partition coefficient (Wildman–Crippen LogP) is 3.06. The number of Topliss-reactive ketones (excluding diaryl/α,β-unsaturated/α-hetero) is 1. The van der Waals surface area contributed by atoms with E-state index in [4.69, 9.17) is 0 Å². The van der Waals surface area contributed by atoms with Crippen molar-refractivity contribution in [3.63, 3.8) is 0 Å². The van der Waals surface area contributed by atoms with Crippen LogP contribution in [0.2, 0.25) is 0 Å². The highest BCUT2D eigenvalue weighted by Crippen LogP contribution is 2.63. The van der Waals surface area contributed by atoms with Gasteiger partial charge in [0.05, 0.1) is 11.5 Å². The standard InChI is InChI=1S/C19H26O3/c1-18-6-3-4-13(18)17-14(5-7-18)19(2)11(9-15(17)21)8-12(20)10-16(19)22/h9,12-14,17,20H,3-8,10H2,1-2H3/t12?,13-,14+,17-,18-,19-/m0/s1. The van der Waals surface area contributed by atoms with Crippen LogP contribution in [0.25, 0.3) is 0 Å². The Bertz CT molecular complexity index is 577. The van der Waals surface area contributed by atoms with Crippen LogP contribution in [0.4, 0.5) is 0 Å². The summed E-state index contributed by atoms with van der Waals surface area (Å²) in [5, 5.41) is 9.93. The number of hydrogen-bond acceptors (Lipinski definition) is 3. The van der Waals surface area contributed by atoms with Crippen molar-refractivity contribution in [3.05, 3.63) is 11.6 Å². The van der Waals surface area contributed by atoms with Crippen molar-refractivity contribution in [2.24, 2.45) is 28.6 Å². The molecule has 6 atom stereocenters. The van der Waals surface area contributed by atoms with Crippen LogP contribution in [-0.2, 0) is 9.59 Å². The third kappa shape index (κ3) is 1.72. The minimum atomic E-state index is -0.600. The van der Waals surface area contributed by atoms with Crippen LogP contribution < -0.4 is 0 Å². The maximum absolute atomic E-state index is 12.9. The second-order valence-electron chi connectivity index (χ2n) is 8.58. The molecule has 0 amide bonds. The van der Waals surface area contributed by atoms with E-state index in [9.17, 15) is 14.7 Å². The molecule has 0 aromatic rings. The largest absolute Gasteiger partial charge is 0.392 e. The fraction of sp³-hybridized carbons (Fsp3) is 0.789. The van der Waals surface area contributed by atoms with Crippen LogP contribution in [-0.4, -0.2) is 22.8 Å². The Hall–Kier alpha value is -0.960. The molecular weight excluding hydrogens is 276 g/mol. The smallest absolute Gasteiger partial charge is 0.159 e. The minimum absolute atomic E-state index is 0.0363. The lowest BCUT2D eigenvalue weighted by molar-refractivity contribution is -0.144. The van der Waals surface area contributed by atoms with Crippen molar-refractivity contribution in [2.45, 2.75) is 64.9 Å². The highest BCUT2D eigenvalue weighted by Gasteiger charge is 2.60. The molecule has 0 aromatic carbocycles. The topological polar surface area (TPSA) is 54.4 Å². The lowest BCUT2D eigenvalue weighted by atomic mass is 9.47. The highest BCUT2D eigenvalue weighted by molar-refractivity contribution is 6.00. The van der Waals surface area contributed by atoms with Crippen molar-refractivity contribution in [1.29, 1.82) is 0 Å². The zero-order chi connectivity index (χ0) is 15.7. The van der Waals surface area contributed by atoms with E-state index in [2.05, 4.69) is 13.8 Å². The number of rotatable bonds is 0. The number of aliphatic hydroxyl groups is 1. The Morgan fingerprint density at radius 1 is 1.09 bits per heavy atom. The van der Waals surface area contributed by atoms with Gasteiger partial charge in [0.25, 0.3) is 0 Å². The number of carbonyl (C=O) groups excluding carboxylic acids is 2. The Morgan fingerprint density at radius 3 is 2.64 bits per heavy atom. The molecule has 0 radical (unpaired) electrons. The van der Waals surface area contributed by atoms with Crippen LogP contribution in [0, 0.1) is 28.6 Å². The third-order valence-electron chi connectivity index (χ3n) is 7.56. The Kier molecular flexibility index (Phi) is 3.01. The predicted molar refractivity (Wildman–Crippen MR) is 83.1 cm³/mol. The van der Waals surface area contributed by atoms with Crippen molar-refractivity contribution in [2.75, 3.05) is 0 Å². The molecule has 22 heavy (non-hydrogen) atoms. The van der Waals surface area contributed by atoms with Gasteiger partial charge < -0.3 is 5.11 Å². The fourth-order valence-corrected chi connectivity index (χ4v) is 6.24. The van der Waals surface area contributed by atoms with Crippen LogP contribution in [0.5, 0.6) is 0 Å². The van der Waals surface area contributed by atoms with Gasteiger partial charge in [-0.15, -0.1) is 0 Å². The first-order valence-corrected chi connectivity index (χ1v) is 8.82. The Balaban J connectivity index is 1.80. The fourth-order valence-electron chi connectivity index (χ4n) is 6.24. The summed E-state index contributed by atoms with van der Waals surface area (Å²) in [7, 11) is 0. The number of aliphatic hydroxyl groups excluding tert-OH is 1. The molecule has 120 valence electrons. The van der Waals surface area contributed by atoms with Gasteiger partial charge in [-0.25, -0.2) is 0 Å². The first-order chi connectivity index (χ1) is 10.4. The van der Waals surface area contributed by atoms with Crippen molar-refractivity contribution in [1.82, 2.24) is 0 Å². The number of fused-ring (bicyclic) bond motifs is 5. The molecule has 0 aliphatic heterocycles. The molecule has 3 saturated carbocycles. The van der Waals surface area contributed by atoms with E-state index in [1.807, 2.05) is 0 Å². The number of ketones is 2. The van der Waals surface area contributed by atoms with E-state index in [1.165, 1.54) is 12.8 Å². The summed E-state index contributed by atoms with van der Waals surface area (Å²) in [6.45, 7) is 4.40. The van der Waals surface area contributed by atoms with Crippen LogP contribution >= 0.6 is 0 Å². The molecule has 0 heterocycles. The normalized spacial score (nSPS) is 51.0. The lowest BCUT2D eigenvalue weighted by Crippen LogP contribution is -2.55. The monoisotopic (exact) mass is 302 g/mol. The molecule has 3 nitrogen and oxygen atoms in total. The maximum Gasteiger partial charge on any atom is 0.159 e. The Labute approximate surface area is 132 Å². The third-order valence-corrected chi connectivity index (χ3v) is 7.56. The summed E-state index contributed by atoms with van der Waals surface area (Å²) < 4.78 is 0. The molecule has 1 unspecified atom stereocenters. The van der Waals surface area contributed by atoms with Gasteiger partial charge in [-0.1, -0.05) is 18.9 Å². The molecule has 4 aliphatic carbocycles. The molecule has 0 aromatic heterocycles. The van der Waals surface area contributed by atoms with Crippen molar-refractivity contribution >= 4 is 11.6 Å². The molecule has 4 aliphatic rings. The van der Waals surface area contributed by atoms with Gasteiger partial charge >= 0.3 is 0 Å². The molecule has 0 bridgehead atoms. The molecule has 0 saturated heterocycles. The van der Waals surface area contributed by atoms with Gasteiger partial charge in [-0.3, -0.25) is 9.59 Å². The summed E-state index contributed by atoms with van der Waals surface area (Å²) in [6.07, 6.45) is 7.61. The zero-order valence-corrected chi connectivity index (χ0v) is 13.6. The highest BCUT2D eigenvalue weighted by atomic mass is 16.3. The van der Waals surface area contributed by atoms with Gasteiger partial charge in [0.2, 0.25) is 0 Å². The van der Waals surface area contributed by atoms with E-state index in [-0.39, 0.29) is 29.8 Å².